The molecule has 4 rings (SSSR count). The van der Waals surface area contributed by atoms with Crippen LogP contribution in [-0.4, -0.2) is 61.2 Å². The number of hydrogen-bond acceptors (Lipinski definition) is 6. The number of hydrogen-bond donors (Lipinski definition) is 1. The number of ether oxygens (including phenoxy) is 2. The zero-order valence-corrected chi connectivity index (χ0v) is 18.8. The van der Waals surface area contributed by atoms with Gasteiger partial charge in [0, 0.05) is 56.4 Å². The lowest BCUT2D eigenvalue weighted by atomic mass is 10.0. The molecule has 0 spiro atoms. The van der Waals surface area contributed by atoms with Crippen LogP contribution in [0.25, 0.3) is 10.9 Å². The monoisotopic (exact) mass is 435 g/mol. The van der Waals surface area contributed by atoms with Crippen LogP contribution in [-0.2, 0) is 17.8 Å². The second kappa shape index (κ2) is 9.54. The van der Waals surface area contributed by atoms with Crippen molar-refractivity contribution in [3.63, 3.8) is 0 Å². The van der Waals surface area contributed by atoms with Crippen molar-refractivity contribution < 1.29 is 14.3 Å². The highest BCUT2D eigenvalue weighted by Gasteiger charge is 2.19. The number of aryl methyl sites for hydroxylation is 1. The highest BCUT2D eigenvalue weighted by molar-refractivity contribution is 5.93. The van der Waals surface area contributed by atoms with Gasteiger partial charge in [-0.1, -0.05) is 12.1 Å². The minimum Gasteiger partial charge on any atom is -0.497 e. The van der Waals surface area contributed by atoms with Gasteiger partial charge >= 0.3 is 5.97 Å². The third-order valence-electron chi connectivity index (χ3n) is 6.17. The van der Waals surface area contributed by atoms with Gasteiger partial charge in [-0.3, -0.25) is 14.6 Å². The molecular formula is C25H29N3O4. The number of aromatic amines is 1. The van der Waals surface area contributed by atoms with Gasteiger partial charge in [-0.15, -0.1) is 0 Å². The molecule has 1 aliphatic rings. The first-order valence-corrected chi connectivity index (χ1v) is 10.8. The second-order valence-corrected chi connectivity index (χ2v) is 8.25. The predicted molar refractivity (Wildman–Crippen MR) is 124 cm³/mol. The predicted octanol–water partition coefficient (Wildman–Crippen LogP) is 2.95. The van der Waals surface area contributed by atoms with Gasteiger partial charge in [-0.2, -0.15) is 0 Å². The van der Waals surface area contributed by atoms with Crippen LogP contribution in [0.1, 0.15) is 27.0 Å². The van der Waals surface area contributed by atoms with Gasteiger partial charge in [0.15, 0.2) is 0 Å². The van der Waals surface area contributed by atoms with Crippen LogP contribution >= 0.6 is 0 Å². The van der Waals surface area contributed by atoms with E-state index in [0.717, 1.165) is 56.1 Å². The van der Waals surface area contributed by atoms with Crippen LogP contribution < -0.4 is 10.2 Å². The molecule has 1 fully saturated rings. The largest absolute Gasteiger partial charge is 0.497 e. The summed E-state index contributed by atoms with van der Waals surface area (Å²) in [5, 5.41) is 0.512. The van der Waals surface area contributed by atoms with Crippen molar-refractivity contribution in [2.45, 2.75) is 20.0 Å². The highest BCUT2D eigenvalue weighted by atomic mass is 16.5. The SMILES string of the molecule is COC(=O)c1c[nH]c2cc(CN3CCN(Cc4ccc(OC)cc4)CC3)c(C)cc2c1=O. The average Bonchev–Trinajstić information content (AvgIpc) is 2.81. The molecule has 1 aromatic heterocycles. The van der Waals surface area contributed by atoms with E-state index in [-0.39, 0.29) is 11.0 Å². The maximum Gasteiger partial charge on any atom is 0.343 e. The number of H-pyrrole nitrogens is 1. The third kappa shape index (κ3) is 4.69. The molecular weight excluding hydrogens is 406 g/mol. The number of benzene rings is 2. The number of piperazine rings is 1. The van der Waals surface area contributed by atoms with Gasteiger partial charge in [0.1, 0.15) is 11.3 Å². The van der Waals surface area contributed by atoms with E-state index in [1.54, 1.807) is 7.11 Å². The Balaban J connectivity index is 1.41. The van der Waals surface area contributed by atoms with Gasteiger partial charge in [-0.25, -0.2) is 4.79 Å². The average molecular weight is 436 g/mol. The molecule has 2 aromatic carbocycles. The summed E-state index contributed by atoms with van der Waals surface area (Å²) in [5.41, 5.74) is 3.99. The molecule has 3 aromatic rings. The Hall–Kier alpha value is -3.16. The first kappa shape index (κ1) is 22.0. The first-order chi connectivity index (χ1) is 15.5. The number of fused-ring (bicyclic) bond motifs is 1. The van der Waals surface area contributed by atoms with Crippen molar-refractivity contribution in [3.8, 4) is 5.75 Å². The van der Waals surface area contributed by atoms with Crippen LogP contribution in [0.4, 0.5) is 0 Å². The van der Waals surface area contributed by atoms with Crippen LogP contribution in [0.15, 0.2) is 47.4 Å². The van der Waals surface area contributed by atoms with Crippen LogP contribution in [0, 0.1) is 6.92 Å². The lowest BCUT2D eigenvalue weighted by Crippen LogP contribution is -2.45. The fourth-order valence-electron chi connectivity index (χ4n) is 4.19. The standard InChI is InChI=1S/C25H29N3O4/c1-17-12-21-23(26-14-22(24(21)29)25(30)32-3)13-19(17)16-28-10-8-27(9-11-28)15-18-4-6-20(31-2)7-5-18/h4-7,12-14H,8-11,15-16H2,1-3H3,(H,26,29). The van der Waals surface area contributed by atoms with E-state index in [1.165, 1.54) is 24.4 Å². The van der Waals surface area contributed by atoms with Gasteiger partial charge in [0.2, 0.25) is 5.43 Å². The maximum atomic E-state index is 12.7. The molecule has 0 unspecified atom stereocenters. The quantitative estimate of drug-likeness (QED) is 0.600. The lowest BCUT2D eigenvalue weighted by molar-refractivity contribution is 0.0599. The summed E-state index contributed by atoms with van der Waals surface area (Å²) in [6, 6.07) is 12.2. The Morgan fingerprint density at radius 3 is 2.28 bits per heavy atom. The summed E-state index contributed by atoms with van der Waals surface area (Å²) in [5.74, 6) is 0.259. The van der Waals surface area contributed by atoms with Crippen molar-refractivity contribution in [1.29, 1.82) is 0 Å². The number of nitrogens with zero attached hydrogens (tertiary/aromatic N) is 2. The molecule has 0 radical (unpaired) electrons. The van der Waals surface area contributed by atoms with Gasteiger partial charge < -0.3 is 14.5 Å². The molecule has 1 aliphatic heterocycles. The lowest BCUT2D eigenvalue weighted by Gasteiger charge is -2.35. The highest BCUT2D eigenvalue weighted by Crippen LogP contribution is 2.20. The maximum absolute atomic E-state index is 12.7. The van der Waals surface area contributed by atoms with Crippen molar-refractivity contribution in [1.82, 2.24) is 14.8 Å². The normalized spacial score (nSPS) is 15.1. The Morgan fingerprint density at radius 2 is 1.66 bits per heavy atom. The van der Waals surface area contributed by atoms with Crippen molar-refractivity contribution >= 4 is 16.9 Å². The number of nitrogens with one attached hydrogen (secondary N) is 1. The molecule has 168 valence electrons. The summed E-state index contributed by atoms with van der Waals surface area (Å²) >= 11 is 0. The molecule has 32 heavy (non-hydrogen) atoms. The number of rotatable bonds is 6. The Bertz CT molecular complexity index is 1160. The van der Waals surface area contributed by atoms with Crippen molar-refractivity contribution in [2.75, 3.05) is 40.4 Å². The number of carbonyl (C=O) groups is 1. The smallest absolute Gasteiger partial charge is 0.343 e. The number of methoxy groups -OCH3 is 2. The number of carbonyl (C=O) groups excluding carboxylic acids is 1. The summed E-state index contributed by atoms with van der Waals surface area (Å²) in [6.07, 6.45) is 1.44. The molecule has 7 nitrogen and oxygen atoms in total. The first-order valence-electron chi connectivity index (χ1n) is 10.8. The van der Waals surface area contributed by atoms with Crippen molar-refractivity contribution in [3.05, 3.63) is 75.1 Å². The second-order valence-electron chi connectivity index (χ2n) is 8.25. The number of pyridine rings is 1. The van der Waals surface area contributed by atoms with Gasteiger partial charge in [-0.05, 0) is 47.9 Å². The Kier molecular flexibility index (Phi) is 6.58. The molecule has 7 heteroatoms. The summed E-state index contributed by atoms with van der Waals surface area (Å²) in [7, 11) is 2.96. The van der Waals surface area contributed by atoms with E-state index in [1.807, 2.05) is 31.2 Å². The summed E-state index contributed by atoms with van der Waals surface area (Å²) in [6.45, 7) is 7.79. The van der Waals surface area contributed by atoms with E-state index < -0.39 is 5.97 Å². The molecule has 0 atom stereocenters. The third-order valence-corrected chi connectivity index (χ3v) is 6.17. The summed E-state index contributed by atoms with van der Waals surface area (Å²) in [4.78, 5) is 32.5. The number of aromatic nitrogens is 1. The molecule has 0 aliphatic carbocycles. The van der Waals surface area contributed by atoms with E-state index >= 15 is 0 Å². The summed E-state index contributed by atoms with van der Waals surface area (Å²) < 4.78 is 9.94. The molecule has 1 saturated heterocycles. The Morgan fingerprint density at radius 1 is 1.00 bits per heavy atom. The fraction of sp³-hybridized carbons (Fsp3) is 0.360. The number of esters is 1. The van der Waals surface area contributed by atoms with E-state index in [2.05, 4.69) is 26.9 Å². The van der Waals surface area contributed by atoms with Gasteiger partial charge in [0.05, 0.1) is 14.2 Å². The molecule has 0 saturated carbocycles. The topological polar surface area (TPSA) is 74.9 Å². The minimum absolute atomic E-state index is 0.0279. The van der Waals surface area contributed by atoms with Gasteiger partial charge in [0.25, 0.3) is 0 Å². The van der Waals surface area contributed by atoms with Crippen LogP contribution in [0.5, 0.6) is 5.75 Å². The van der Waals surface area contributed by atoms with Crippen molar-refractivity contribution in [2.24, 2.45) is 0 Å². The van der Waals surface area contributed by atoms with Crippen LogP contribution in [0.2, 0.25) is 0 Å². The Labute approximate surface area is 187 Å². The van der Waals surface area contributed by atoms with E-state index in [9.17, 15) is 9.59 Å². The molecule has 0 amide bonds. The zero-order valence-electron chi connectivity index (χ0n) is 18.8. The van der Waals surface area contributed by atoms with Crippen LogP contribution in [0.3, 0.4) is 0 Å². The zero-order chi connectivity index (χ0) is 22.7. The molecule has 2 heterocycles. The fourth-order valence-corrected chi connectivity index (χ4v) is 4.19. The molecule has 1 N–H and O–H groups in total. The van der Waals surface area contributed by atoms with E-state index in [4.69, 9.17) is 9.47 Å². The van der Waals surface area contributed by atoms with E-state index in [0.29, 0.717) is 5.39 Å². The molecule has 0 bridgehead atoms. The minimum atomic E-state index is -0.623.